The summed E-state index contributed by atoms with van der Waals surface area (Å²) in [4.78, 5) is 1.34. The van der Waals surface area contributed by atoms with Crippen LogP contribution in [0.3, 0.4) is 0 Å². The molecule has 2 aromatic rings. The van der Waals surface area contributed by atoms with Gasteiger partial charge in [0.25, 0.3) is 0 Å². The van der Waals surface area contributed by atoms with E-state index in [-0.39, 0.29) is 12.4 Å². The summed E-state index contributed by atoms with van der Waals surface area (Å²) in [7, 11) is 0. The molecule has 1 N–H and O–H groups in total. The largest absolute Gasteiger partial charge is 0.490 e. The summed E-state index contributed by atoms with van der Waals surface area (Å²) in [5.74, 6) is 1.57. The van der Waals surface area contributed by atoms with Crippen LogP contribution in [0.25, 0.3) is 0 Å². The summed E-state index contributed by atoms with van der Waals surface area (Å²) < 4.78 is 12.3. The van der Waals surface area contributed by atoms with Gasteiger partial charge in [0.05, 0.1) is 17.7 Å². The van der Waals surface area contributed by atoms with Crippen molar-refractivity contribution in [3.8, 4) is 11.5 Å². The first-order chi connectivity index (χ1) is 10.2. The molecule has 0 bridgehead atoms. The highest BCUT2D eigenvalue weighted by molar-refractivity contribution is 9.10. The van der Waals surface area contributed by atoms with E-state index in [1.165, 1.54) is 10.4 Å². The fourth-order valence-corrected chi connectivity index (χ4v) is 3.29. The van der Waals surface area contributed by atoms with Crippen LogP contribution in [0.1, 0.15) is 24.3 Å². The van der Waals surface area contributed by atoms with Gasteiger partial charge in [-0.25, -0.2) is 0 Å². The Bertz CT molecular complexity index is 564. The summed E-state index contributed by atoms with van der Waals surface area (Å²) >= 11 is 5.33. The van der Waals surface area contributed by atoms with Crippen LogP contribution in [0.5, 0.6) is 11.5 Å². The lowest BCUT2D eigenvalue weighted by Crippen LogP contribution is -2.12. The third kappa shape index (κ3) is 5.47. The molecule has 0 unspecified atom stereocenters. The molecule has 122 valence electrons. The van der Waals surface area contributed by atoms with Crippen molar-refractivity contribution in [3.63, 3.8) is 0 Å². The number of benzene rings is 1. The lowest BCUT2D eigenvalue weighted by Gasteiger charge is -2.14. The second-order valence-electron chi connectivity index (χ2n) is 4.45. The molecule has 6 heteroatoms. The average molecular weight is 407 g/mol. The van der Waals surface area contributed by atoms with Crippen LogP contribution in [0.2, 0.25) is 0 Å². The fourth-order valence-electron chi connectivity index (χ4n) is 2.01. The van der Waals surface area contributed by atoms with E-state index in [0.717, 1.165) is 29.1 Å². The number of halogens is 2. The molecule has 0 saturated carbocycles. The molecule has 0 aliphatic heterocycles. The van der Waals surface area contributed by atoms with Gasteiger partial charge in [-0.15, -0.1) is 23.7 Å². The average Bonchev–Trinajstić information content (AvgIpc) is 2.96. The molecule has 0 aliphatic carbocycles. The molecular formula is C16H21BrClNO2S. The number of thiophene rings is 1. The van der Waals surface area contributed by atoms with Crippen LogP contribution in [0.15, 0.2) is 34.1 Å². The molecule has 0 radical (unpaired) electrons. The Morgan fingerprint density at radius 3 is 2.55 bits per heavy atom. The zero-order valence-electron chi connectivity index (χ0n) is 12.7. The van der Waals surface area contributed by atoms with Gasteiger partial charge in [-0.05, 0) is 58.9 Å². The van der Waals surface area contributed by atoms with Crippen LogP contribution in [-0.4, -0.2) is 13.2 Å². The Kier molecular flexibility index (Phi) is 8.86. The van der Waals surface area contributed by atoms with Gasteiger partial charge in [0.2, 0.25) is 0 Å². The van der Waals surface area contributed by atoms with Crippen molar-refractivity contribution < 1.29 is 9.47 Å². The number of nitrogens with one attached hydrogen (secondary N) is 1. The van der Waals surface area contributed by atoms with Crippen molar-refractivity contribution in [2.45, 2.75) is 26.9 Å². The molecule has 0 atom stereocenters. The van der Waals surface area contributed by atoms with Crippen LogP contribution in [-0.2, 0) is 13.1 Å². The van der Waals surface area contributed by atoms with Crippen molar-refractivity contribution in [3.05, 3.63) is 44.6 Å². The number of hydrogen-bond acceptors (Lipinski definition) is 4. The Balaban J connectivity index is 0.00000242. The third-order valence-electron chi connectivity index (χ3n) is 2.87. The number of rotatable bonds is 8. The van der Waals surface area contributed by atoms with Gasteiger partial charge in [0, 0.05) is 18.0 Å². The maximum absolute atomic E-state index is 5.68. The second kappa shape index (κ2) is 10.1. The summed E-state index contributed by atoms with van der Waals surface area (Å²) in [6.07, 6.45) is 0. The lowest BCUT2D eigenvalue weighted by molar-refractivity contribution is 0.286. The van der Waals surface area contributed by atoms with Gasteiger partial charge >= 0.3 is 0 Å². The van der Waals surface area contributed by atoms with Gasteiger partial charge in [-0.1, -0.05) is 6.07 Å². The number of hydrogen-bond donors (Lipinski definition) is 1. The van der Waals surface area contributed by atoms with Crippen molar-refractivity contribution in [2.75, 3.05) is 13.2 Å². The SMILES string of the molecule is CCOc1cc(CNCc2cccs2)cc(Br)c1OCC.Cl. The monoisotopic (exact) mass is 405 g/mol. The lowest BCUT2D eigenvalue weighted by atomic mass is 10.2. The second-order valence-corrected chi connectivity index (χ2v) is 6.34. The highest BCUT2D eigenvalue weighted by Crippen LogP contribution is 2.36. The molecule has 1 heterocycles. The predicted molar refractivity (Wildman–Crippen MR) is 98.6 cm³/mol. The minimum Gasteiger partial charge on any atom is -0.490 e. The zero-order chi connectivity index (χ0) is 15.1. The molecule has 3 nitrogen and oxygen atoms in total. The fraction of sp³-hybridized carbons (Fsp3) is 0.375. The Hall–Kier alpha value is -0.750. The maximum atomic E-state index is 5.68. The summed E-state index contributed by atoms with van der Waals surface area (Å²) in [5.41, 5.74) is 1.17. The van der Waals surface area contributed by atoms with E-state index in [4.69, 9.17) is 9.47 Å². The molecule has 1 aromatic heterocycles. The first-order valence-electron chi connectivity index (χ1n) is 7.05. The first kappa shape index (κ1) is 19.3. The topological polar surface area (TPSA) is 30.5 Å². The highest BCUT2D eigenvalue weighted by Gasteiger charge is 2.11. The normalized spacial score (nSPS) is 10.1. The Morgan fingerprint density at radius 2 is 1.91 bits per heavy atom. The molecule has 0 amide bonds. The van der Waals surface area contributed by atoms with Crippen molar-refractivity contribution >= 4 is 39.7 Å². The minimum atomic E-state index is 0. The van der Waals surface area contributed by atoms with Crippen molar-refractivity contribution in [2.24, 2.45) is 0 Å². The minimum absolute atomic E-state index is 0. The van der Waals surface area contributed by atoms with Crippen molar-refractivity contribution in [1.29, 1.82) is 0 Å². The Morgan fingerprint density at radius 1 is 1.14 bits per heavy atom. The quantitative estimate of drug-likeness (QED) is 0.667. The molecule has 1 aromatic carbocycles. The molecule has 0 spiro atoms. The molecule has 0 aliphatic rings. The first-order valence-corrected chi connectivity index (χ1v) is 8.73. The highest BCUT2D eigenvalue weighted by atomic mass is 79.9. The van der Waals surface area contributed by atoms with Gasteiger partial charge < -0.3 is 14.8 Å². The molecule has 0 fully saturated rings. The van der Waals surface area contributed by atoms with E-state index in [1.54, 1.807) is 11.3 Å². The maximum Gasteiger partial charge on any atom is 0.175 e. The van der Waals surface area contributed by atoms with E-state index in [0.29, 0.717) is 13.2 Å². The van der Waals surface area contributed by atoms with Gasteiger partial charge in [-0.2, -0.15) is 0 Å². The van der Waals surface area contributed by atoms with Crippen molar-refractivity contribution in [1.82, 2.24) is 5.32 Å². The third-order valence-corrected chi connectivity index (χ3v) is 4.33. The predicted octanol–water partition coefficient (Wildman–Crippen LogP) is 5.02. The van der Waals surface area contributed by atoms with E-state index in [9.17, 15) is 0 Å². The van der Waals surface area contributed by atoms with E-state index in [2.05, 4.69) is 44.8 Å². The van der Waals surface area contributed by atoms with Gasteiger partial charge in [-0.3, -0.25) is 0 Å². The summed E-state index contributed by atoms with van der Waals surface area (Å²) in [6.45, 7) is 6.87. The van der Waals surface area contributed by atoms with Crippen LogP contribution < -0.4 is 14.8 Å². The van der Waals surface area contributed by atoms with E-state index >= 15 is 0 Å². The zero-order valence-corrected chi connectivity index (χ0v) is 15.9. The summed E-state index contributed by atoms with van der Waals surface area (Å²) in [6, 6.07) is 8.33. The number of ether oxygens (including phenoxy) is 2. The smallest absolute Gasteiger partial charge is 0.175 e. The standard InChI is InChI=1S/C16H20BrNO2S.ClH/c1-3-19-15-9-12(8-14(17)16(15)20-4-2)10-18-11-13-6-5-7-21-13;/h5-9,18H,3-4,10-11H2,1-2H3;1H. The van der Waals surface area contributed by atoms with E-state index in [1.807, 2.05) is 19.9 Å². The summed E-state index contributed by atoms with van der Waals surface area (Å²) in [5, 5.41) is 5.54. The van der Waals surface area contributed by atoms with Crippen LogP contribution >= 0.6 is 39.7 Å². The van der Waals surface area contributed by atoms with Gasteiger partial charge in [0.15, 0.2) is 11.5 Å². The van der Waals surface area contributed by atoms with E-state index < -0.39 is 0 Å². The molecule has 0 saturated heterocycles. The van der Waals surface area contributed by atoms with Gasteiger partial charge in [0.1, 0.15) is 0 Å². The Labute approximate surface area is 150 Å². The molecule has 2 rings (SSSR count). The van der Waals surface area contributed by atoms with Crippen LogP contribution in [0.4, 0.5) is 0 Å². The van der Waals surface area contributed by atoms with Crippen LogP contribution in [0, 0.1) is 0 Å². The molecular weight excluding hydrogens is 386 g/mol. The molecule has 22 heavy (non-hydrogen) atoms.